The highest BCUT2D eigenvalue weighted by Crippen LogP contribution is 1.98. The Morgan fingerprint density at radius 3 is 2.71 bits per heavy atom. The Morgan fingerprint density at radius 1 is 1.43 bits per heavy atom. The standard InChI is InChI=1S/C10H19N3O/c1-10(2)12(8-9-14)6-7-13-5-3-4-11-13/h3-5,10,14H,6-9H2,1-2H3. The summed E-state index contributed by atoms with van der Waals surface area (Å²) in [5.74, 6) is 0. The summed E-state index contributed by atoms with van der Waals surface area (Å²) in [7, 11) is 0. The molecule has 4 heteroatoms. The number of rotatable bonds is 6. The van der Waals surface area contributed by atoms with Gasteiger partial charge in [-0.3, -0.25) is 9.58 Å². The minimum atomic E-state index is 0.220. The zero-order valence-corrected chi connectivity index (χ0v) is 8.93. The second-order valence-corrected chi connectivity index (χ2v) is 3.62. The Labute approximate surface area is 85.1 Å². The van der Waals surface area contributed by atoms with E-state index in [0.29, 0.717) is 6.04 Å². The van der Waals surface area contributed by atoms with E-state index in [0.717, 1.165) is 19.6 Å². The fourth-order valence-electron chi connectivity index (χ4n) is 1.42. The van der Waals surface area contributed by atoms with Gasteiger partial charge in [-0.2, -0.15) is 5.10 Å². The Hall–Kier alpha value is -0.870. The van der Waals surface area contributed by atoms with Crippen molar-refractivity contribution in [1.82, 2.24) is 14.7 Å². The van der Waals surface area contributed by atoms with Gasteiger partial charge >= 0.3 is 0 Å². The van der Waals surface area contributed by atoms with Crippen molar-refractivity contribution in [3.63, 3.8) is 0 Å². The van der Waals surface area contributed by atoms with Gasteiger partial charge in [0.25, 0.3) is 0 Å². The third kappa shape index (κ3) is 3.47. The largest absolute Gasteiger partial charge is 0.395 e. The molecule has 1 aromatic heterocycles. The van der Waals surface area contributed by atoms with Crippen molar-refractivity contribution in [3.8, 4) is 0 Å². The molecule has 0 amide bonds. The predicted octanol–water partition coefficient (Wildman–Crippen LogP) is 0.586. The highest BCUT2D eigenvalue weighted by Gasteiger charge is 2.07. The number of hydrogen-bond acceptors (Lipinski definition) is 3. The minimum Gasteiger partial charge on any atom is -0.395 e. The summed E-state index contributed by atoms with van der Waals surface area (Å²) in [6.45, 7) is 7.04. The van der Waals surface area contributed by atoms with Crippen molar-refractivity contribution in [1.29, 1.82) is 0 Å². The first-order valence-electron chi connectivity index (χ1n) is 5.06. The molecule has 0 bridgehead atoms. The van der Waals surface area contributed by atoms with Gasteiger partial charge in [0.1, 0.15) is 0 Å². The zero-order chi connectivity index (χ0) is 10.4. The molecular formula is C10H19N3O. The summed E-state index contributed by atoms with van der Waals surface area (Å²) >= 11 is 0. The molecule has 0 aromatic carbocycles. The lowest BCUT2D eigenvalue weighted by molar-refractivity contribution is 0.159. The van der Waals surface area contributed by atoms with Crippen LogP contribution in [0, 0.1) is 0 Å². The first-order chi connectivity index (χ1) is 6.74. The van der Waals surface area contributed by atoms with Crippen LogP contribution < -0.4 is 0 Å². The van der Waals surface area contributed by atoms with E-state index in [4.69, 9.17) is 5.11 Å². The van der Waals surface area contributed by atoms with Gasteiger partial charge in [0, 0.05) is 31.5 Å². The third-order valence-corrected chi connectivity index (χ3v) is 2.29. The van der Waals surface area contributed by atoms with Crippen LogP contribution in [0.5, 0.6) is 0 Å². The quantitative estimate of drug-likeness (QED) is 0.725. The lowest BCUT2D eigenvalue weighted by Gasteiger charge is -2.25. The molecule has 0 atom stereocenters. The van der Waals surface area contributed by atoms with Gasteiger partial charge in [-0.15, -0.1) is 0 Å². The van der Waals surface area contributed by atoms with E-state index >= 15 is 0 Å². The van der Waals surface area contributed by atoms with Crippen LogP contribution in [0.15, 0.2) is 18.5 Å². The molecule has 14 heavy (non-hydrogen) atoms. The van der Waals surface area contributed by atoms with Gasteiger partial charge < -0.3 is 5.11 Å². The fraction of sp³-hybridized carbons (Fsp3) is 0.700. The molecule has 80 valence electrons. The van der Waals surface area contributed by atoms with Crippen LogP contribution in [-0.4, -0.2) is 45.5 Å². The van der Waals surface area contributed by atoms with E-state index in [-0.39, 0.29) is 6.61 Å². The van der Waals surface area contributed by atoms with E-state index in [2.05, 4.69) is 23.8 Å². The lowest BCUT2D eigenvalue weighted by Crippen LogP contribution is -2.36. The highest BCUT2D eigenvalue weighted by atomic mass is 16.3. The number of aromatic nitrogens is 2. The van der Waals surface area contributed by atoms with Gasteiger partial charge in [0.15, 0.2) is 0 Å². The van der Waals surface area contributed by atoms with Crippen LogP contribution in [0.2, 0.25) is 0 Å². The van der Waals surface area contributed by atoms with Crippen molar-refractivity contribution in [2.75, 3.05) is 19.7 Å². The van der Waals surface area contributed by atoms with Crippen molar-refractivity contribution >= 4 is 0 Å². The van der Waals surface area contributed by atoms with E-state index in [9.17, 15) is 0 Å². The second kappa shape index (κ2) is 5.78. The molecule has 0 radical (unpaired) electrons. The maximum absolute atomic E-state index is 8.88. The van der Waals surface area contributed by atoms with E-state index in [1.165, 1.54) is 0 Å². The molecule has 1 aromatic rings. The number of hydrogen-bond donors (Lipinski definition) is 1. The Kier molecular flexibility index (Phi) is 4.62. The van der Waals surface area contributed by atoms with Gasteiger partial charge in [-0.1, -0.05) is 0 Å². The third-order valence-electron chi connectivity index (χ3n) is 2.29. The molecule has 0 saturated carbocycles. The number of nitrogens with zero attached hydrogens (tertiary/aromatic N) is 3. The molecule has 4 nitrogen and oxygen atoms in total. The average Bonchev–Trinajstić information content (AvgIpc) is 2.64. The summed E-state index contributed by atoms with van der Waals surface area (Å²) in [5, 5.41) is 13.0. The van der Waals surface area contributed by atoms with Crippen LogP contribution >= 0.6 is 0 Å². The van der Waals surface area contributed by atoms with Gasteiger partial charge in [-0.25, -0.2) is 0 Å². The maximum atomic E-state index is 8.88. The fourth-order valence-corrected chi connectivity index (χ4v) is 1.42. The van der Waals surface area contributed by atoms with Crippen molar-refractivity contribution < 1.29 is 5.11 Å². The van der Waals surface area contributed by atoms with Crippen LogP contribution in [0.4, 0.5) is 0 Å². The van der Waals surface area contributed by atoms with Crippen molar-refractivity contribution in [3.05, 3.63) is 18.5 Å². The van der Waals surface area contributed by atoms with E-state index in [1.54, 1.807) is 6.20 Å². The second-order valence-electron chi connectivity index (χ2n) is 3.62. The van der Waals surface area contributed by atoms with Gasteiger partial charge in [0.2, 0.25) is 0 Å². The van der Waals surface area contributed by atoms with Crippen LogP contribution in [0.25, 0.3) is 0 Å². The highest BCUT2D eigenvalue weighted by molar-refractivity contribution is 4.78. The molecule has 0 aliphatic heterocycles. The summed E-state index contributed by atoms with van der Waals surface area (Å²) in [6.07, 6.45) is 3.74. The Morgan fingerprint density at radius 2 is 2.21 bits per heavy atom. The first-order valence-corrected chi connectivity index (χ1v) is 5.06. The summed E-state index contributed by atoms with van der Waals surface area (Å²) in [5.41, 5.74) is 0. The predicted molar refractivity (Wildman–Crippen MR) is 56.0 cm³/mol. The molecule has 0 spiro atoms. The van der Waals surface area contributed by atoms with Crippen molar-refractivity contribution in [2.45, 2.75) is 26.4 Å². The molecule has 0 aliphatic carbocycles. The molecule has 1 rings (SSSR count). The summed E-state index contributed by atoms with van der Waals surface area (Å²) in [6, 6.07) is 2.39. The molecular weight excluding hydrogens is 178 g/mol. The topological polar surface area (TPSA) is 41.3 Å². The molecule has 0 saturated heterocycles. The van der Waals surface area contributed by atoms with Crippen LogP contribution in [0.1, 0.15) is 13.8 Å². The lowest BCUT2D eigenvalue weighted by atomic mass is 10.3. The molecule has 0 fully saturated rings. The molecule has 0 aliphatic rings. The molecule has 1 heterocycles. The van der Waals surface area contributed by atoms with Crippen molar-refractivity contribution in [2.24, 2.45) is 0 Å². The first kappa shape index (κ1) is 11.2. The Bertz CT molecular complexity index is 234. The van der Waals surface area contributed by atoms with Crippen LogP contribution in [0.3, 0.4) is 0 Å². The molecule has 1 N–H and O–H groups in total. The SMILES string of the molecule is CC(C)N(CCO)CCn1cccn1. The zero-order valence-electron chi connectivity index (χ0n) is 8.93. The summed E-state index contributed by atoms with van der Waals surface area (Å²) in [4.78, 5) is 2.24. The normalized spacial score (nSPS) is 11.5. The molecule has 0 unspecified atom stereocenters. The van der Waals surface area contributed by atoms with E-state index in [1.807, 2.05) is 16.9 Å². The van der Waals surface area contributed by atoms with E-state index < -0.39 is 0 Å². The van der Waals surface area contributed by atoms with Gasteiger partial charge in [0.05, 0.1) is 13.2 Å². The van der Waals surface area contributed by atoms with Crippen LogP contribution in [-0.2, 0) is 6.54 Å². The maximum Gasteiger partial charge on any atom is 0.0558 e. The van der Waals surface area contributed by atoms with Gasteiger partial charge in [-0.05, 0) is 19.9 Å². The minimum absolute atomic E-state index is 0.220. The average molecular weight is 197 g/mol. The number of aliphatic hydroxyl groups excluding tert-OH is 1. The number of aliphatic hydroxyl groups is 1. The monoisotopic (exact) mass is 197 g/mol. The Balaban J connectivity index is 2.33. The smallest absolute Gasteiger partial charge is 0.0558 e. The summed E-state index contributed by atoms with van der Waals surface area (Å²) < 4.78 is 1.91.